The summed E-state index contributed by atoms with van der Waals surface area (Å²) in [4.78, 5) is 0. The number of nitrogen functional groups attached to an aromatic ring is 1. The molecule has 0 aliphatic rings. The molecule has 4 rings (SSSR count). The summed E-state index contributed by atoms with van der Waals surface area (Å²) in [6.45, 7) is 2.11. The fourth-order valence-corrected chi connectivity index (χ4v) is 3.40. The van der Waals surface area contributed by atoms with Crippen LogP contribution in [0.2, 0.25) is 0 Å². The summed E-state index contributed by atoms with van der Waals surface area (Å²) in [5.41, 5.74) is 19.2. The second-order valence-corrected chi connectivity index (χ2v) is 6.80. The molecule has 4 heteroatoms. The lowest BCUT2D eigenvalue weighted by Crippen LogP contribution is -2.13. The summed E-state index contributed by atoms with van der Waals surface area (Å²) in [6, 6.07) is 23.0. The van der Waals surface area contributed by atoms with Crippen molar-refractivity contribution < 1.29 is 0 Å². The largest absolute Gasteiger partial charge is 0.382 e. The van der Waals surface area contributed by atoms with Gasteiger partial charge in [-0.2, -0.15) is 5.10 Å². The number of benzene rings is 3. The number of aryl methyl sites for hydroxylation is 1. The molecule has 130 valence electrons. The fourth-order valence-electron chi connectivity index (χ4n) is 3.40. The van der Waals surface area contributed by atoms with Gasteiger partial charge in [-0.25, -0.2) is 0 Å². The molecule has 1 atom stereocenters. The van der Waals surface area contributed by atoms with Crippen molar-refractivity contribution >= 4 is 16.7 Å². The quantitative estimate of drug-likeness (QED) is 0.515. The number of nitrogens with zero attached hydrogens (tertiary/aromatic N) is 1. The van der Waals surface area contributed by atoms with Gasteiger partial charge in [0.2, 0.25) is 0 Å². The normalized spacial score (nSPS) is 12.4. The Hall–Kier alpha value is -3.11. The molecule has 0 aliphatic carbocycles. The van der Waals surface area contributed by atoms with Crippen LogP contribution < -0.4 is 11.5 Å². The minimum Gasteiger partial charge on any atom is -0.382 e. The van der Waals surface area contributed by atoms with Crippen molar-refractivity contribution in [1.82, 2.24) is 10.2 Å². The van der Waals surface area contributed by atoms with Crippen molar-refractivity contribution in [3.63, 3.8) is 0 Å². The number of anilines is 1. The Morgan fingerprint density at radius 1 is 0.962 bits per heavy atom. The van der Waals surface area contributed by atoms with Gasteiger partial charge in [0.1, 0.15) is 0 Å². The van der Waals surface area contributed by atoms with Crippen molar-refractivity contribution in [3.8, 4) is 11.1 Å². The van der Waals surface area contributed by atoms with Crippen LogP contribution in [0.25, 0.3) is 22.0 Å². The smallest absolute Gasteiger partial charge is 0.153 e. The molecule has 3 aromatic carbocycles. The fraction of sp³-hybridized carbons (Fsp3) is 0.136. The van der Waals surface area contributed by atoms with E-state index in [0.29, 0.717) is 5.82 Å². The number of rotatable bonds is 4. The van der Waals surface area contributed by atoms with Crippen LogP contribution in [0.15, 0.2) is 66.7 Å². The van der Waals surface area contributed by atoms with E-state index < -0.39 is 0 Å². The number of aromatic nitrogens is 2. The van der Waals surface area contributed by atoms with E-state index >= 15 is 0 Å². The Morgan fingerprint density at radius 3 is 2.58 bits per heavy atom. The first-order valence-electron chi connectivity index (χ1n) is 8.75. The molecule has 5 N–H and O–H groups in total. The topological polar surface area (TPSA) is 80.7 Å². The summed E-state index contributed by atoms with van der Waals surface area (Å²) in [5, 5.41) is 8.00. The number of hydrogen-bond donors (Lipinski definition) is 3. The van der Waals surface area contributed by atoms with Crippen molar-refractivity contribution in [2.24, 2.45) is 5.73 Å². The lowest BCUT2D eigenvalue weighted by molar-refractivity contribution is 0.721. The summed E-state index contributed by atoms with van der Waals surface area (Å²) in [5.74, 6) is 0.529. The molecule has 1 heterocycles. The van der Waals surface area contributed by atoms with Gasteiger partial charge in [-0.05, 0) is 53.8 Å². The van der Waals surface area contributed by atoms with E-state index in [1.807, 2.05) is 12.1 Å². The van der Waals surface area contributed by atoms with Crippen LogP contribution in [0.3, 0.4) is 0 Å². The third kappa shape index (κ3) is 3.19. The molecular formula is C22H22N4. The van der Waals surface area contributed by atoms with E-state index in [9.17, 15) is 0 Å². The van der Waals surface area contributed by atoms with E-state index in [4.69, 9.17) is 11.5 Å². The molecular weight excluding hydrogens is 320 g/mol. The van der Waals surface area contributed by atoms with Gasteiger partial charge in [0.05, 0.1) is 5.52 Å². The van der Waals surface area contributed by atoms with Crippen molar-refractivity contribution in [1.29, 1.82) is 0 Å². The highest BCUT2D eigenvalue weighted by Crippen LogP contribution is 2.29. The summed E-state index contributed by atoms with van der Waals surface area (Å²) in [7, 11) is 0. The molecule has 0 saturated heterocycles. The monoisotopic (exact) mass is 342 g/mol. The highest BCUT2D eigenvalue weighted by atomic mass is 15.1. The first-order valence-corrected chi connectivity index (χ1v) is 8.75. The van der Waals surface area contributed by atoms with Crippen molar-refractivity contribution in [2.75, 3.05) is 5.73 Å². The van der Waals surface area contributed by atoms with Gasteiger partial charge in [-0.3, -0.25) is 5.10 Å². The highest BCUT2D eigenvalue weighted by molar-refractivity contribution is 5.91. The van der Waals surface area contributed by atoms with Crippen LogP contribution in [-0.2, 0) is 6.42 Å². The molecule has 0 aliphatic heterocycles. The number of aromatic amines is 1. The molecule has 0 saturated carbocycles. The van der Waals surface area contributed by atoms with E-state index in [-0.39, 0.29) is 6.04 Å². The second-order valence-electron chi connectivity index (χ2n) is 6.80. The summed E-state index contributed by atoms with van der Waals surface area (Å²) < 4.78 is 0. The minimum atomic E-state index is -0.0393. The van der Waals surface area contributed by atoms with Crippen LogP contribution >= 0.6 is 0 Å². The summed E-state index contributed by atoms with van der Waals surface area (Å²) >= 11 is 0. The zero-order valence-electron chi connectivity index (χ0n) is 14.7. The molecule has 4 aromatic rings. The molecule has 26 heavy (non-hydrogen) atoms. The second kappa shape index (κ2) is 6.65. The Kier molecular flexibility index (Phi) is 4.19. The SMILES string of the molecule is Cc1cc(-c2ccc3c(N)n[nH]c3c2)cc(C(N)Cc2ccccc2)c1. The molecule has 1 unspecified atom stereocenters. The number of nitrogens with two attached hydrogens (primary N) is 2. The highest BCUT2D eigenvalue weighted by Gasteiger charge is 2.11. The number of nitrogens with one attached hydrogen (secondary N) is 1. The lowest BCUT2D eigenvalue weighted by atomic mass is 9.94. The average molecular weight is 342 g/mol. The van der Waals surface area contributed by atoms with Gasteiger partial charge in [0, 0.05) is 11.4 Å². The molecule has 1 aromatic heterocycles. The molecule has 0 amide bonds. The van der Waals surface area contributed by atoms with Gasteiger partial charge in [-0.15, -0.1) is 0 Å². The molecule has 0 fully saturated rings. The van der Waals surface area contributed by atoms with Crippen LogP contribution in [0.4, 0.5) is 5.82 Å². The minimum absolute atomic E-state index is 0.0393. The van der Waals surface area contributed by atoms with Gasteiger partial charge < -0.3 is 11.5 Å². The number of fused-ring (bicyclic) bond motifs is 1. The van der Waals surface area contributed by atoms with E-state index in [1.54, 1.807) is 0 Å². The molecule has 0 bridgehead atoms. The number of H-pyrrole nitrogens is 1. The standard InChI is InChI=1S/C22H22N4/c1-14-9-17(16-7-8-19-21(13-16)25-26-22(19)24)12-18(10-14)20(23)11-15-5-3-2-4-6-15/h2-10,12-13,20H,11,23H2,1H3,(H3,24,25,26). The number of hydrogen-bond acceptors (Lipinski definition) is 3. The van der Waals surface area contributed by atoms with Gasteiger partial charge >= 0.3 is 0 Å². The average Bonchev–Trinajstić information content (AvgIpc) is 3.02. The van der Waals surface area contributed by atoms with Crippen LogP contribution in [0, 0.1) is 6.92 Å². The lowest BCUT2D eigenvalue weighted by Gasteiger charge is -2.15. The van der Waals surface area contributed by atoms with E-state index in [1.165, 1.54) is 11.1 Å². The Labute approximate surface area is 152 Å². The maximum Gasteiger partial charge on any atom is 0.153 e. The predicted molar refractivity (Wildman–Crippen MR) is 108 cm³/mol. The zero-order valence-corrected chi connectivity index (χ0v) is 14.7. The summed E-state index contributed by atoms with van der Waals surface area (Å²) in [6.07, 6.45) is 0.819. The maximum atomic E-state index is 6.50. The predicted octanol–water partition coefficient (Wildman–Crippen LogP) is 4.36. The van der Waals surface area contributed by atoms with E-state index in [2.05, 4.69) is 71.7 Å². The van der Waals surface area contributed by atoms with Gasteiger partial charge in [0.25, 0.3) is 0 Å². The first-order chi connectivity index (χ1) is 12.6. The van der Waals surface area contributed by atoms with Gasteiger partial charge in [0.15, 0.2) is 5.82 Å². The Balaban J connectivity index is 1.68. The zero-order chi connectivity index (χ0) is 18.1. The van der Waals surface area contributed by atoms with Crippen LogP contribution in [0.1, 0.15) is 22.7 Å². The Bertz CT molecular complexity index is 1050. The van der Waals surface area contributed by atoms with Crippen molar-refractivity contribution in [3.05, 3.63) is 83.4 Å². The molecule has 0 spiro atoms. The van der Waals surface area contributed by atoms with Crippen molar-refractivity contribution in [2.45, 2.75) is 19.4 Å². The Morgan fingerprint density at radius 2 is 1.77 bits per heavy atom. The molecule has 4 nitrogen and oxygen atoms in total. The molecule has 0 radical (unpaired) electrons. The maximum absolute atomic E-state index is 6.50. The van der Waals surface area contributed by atoms with E-state index in [0.717, 1.165) is 34.0 Å². The van der Waals surface area contributed by atoms with Crippen LogP contribution in [0.5, 0.6) is 0 Å². The third-order valence-corrected chi connectivity index (χ3v) is 4.75. The van der Waals surface area contributed by atoms with Crippen LogP contribution in [-0.4, -0.2) is 10.2 Å². The van der Waals surface area contributed by atoms with Gasteiger partial charge in [-0.1, -0.05) is 54.1 Å². The third-order valence-electron chi connectivity index (χ3n) is 4.75. The first kappa shape index (κ1) is 16.4.